The zero-order valence-corrected chi connectivity index (χ0v) is 20.9. The van der Waals surface area contributed by atoms with Crippen molar-refractivity contribution in [1.29, 1.82) is 0 Å². The lowest BCUT2D eigenvalue weighted by Crippen LogP contribution is -2.40. The normalized spacial score (nSPS) is 17.0. The number of carbonyl (C=O) groups excluding carboxylic acids is 3. The van der Waals surface area contributed by atoms with E-state index in [-0.39, 0.29) is 42.1 Å². The van der Waals surface area contributed by atoms with Gasteiger partial charge in [-0.1, -0.05) is 61.5 Å². The largest absolute Gasteiger partial charge is 0.459 e. The van der Waals surface area contributed by atoms with Gasteiger partial charge in [0.25, 0.3) is 0 Å². The first-order valence-corrected chi connectivity index (χ1v) is 12.5. The molecule has 4 rings (SSSR count). The molecule has 0 saturated heterocycles. The Morgan fingerprint density at radius 2 is 1.49 bits per heavy atom. The molecule has 1 aliphatic rings. The van der Waals surface area contributed by atoms with Gasteiger partial charge in [0.15, 0.2) is 0 Å². The summed E-state index contributed by atoms with van der Waals surface area (Å²) in [6.45, 7) is 4.79. The summed E-state index contributed by atoms with van der Waals surface area (Å²) in [5, 5.41) is 5.85. The Morgan fingerprint density at radius 1 is 0.838 bits per heavy atom. The van der Waals surface area contributed by atoms with E-state index in [0.717, 1.165) is 42.1 Å². The predicted molar refractivity (Wildman–Crippen MR) is 142 cm³/mol. The number of hydrogen-bond donors (Lipinski definition) is 1. The second-order valence-corrected chi connectivity index (χ2v) is 9.10. The van der Waals surface area contributed by atoms with Crippen molar-refractivity contribution in [3.05, 3.63) is 90.0 Å². The van der Waals surface area contributed by atoms with Crippen molar-refractivity contribution in [2.24, 2.45) is 0 Å². The number of anilines is 1. The van der Waals surface area contributed by atoms with Gasteiger partial charge in [-0.05, 0) is 49.8 Å². The molecule has 2 atom stereocenters. The standard InChI is InChI=1S/C30H31NO6/c1-20(2)28(32)35-18-19-36-29(33)23-13-5-6-14-24(23)30(34)37-27-17-8-7-15-26(27)31-25-16-9-11-21-10-3-4-12-22(21)25/h3-6,9-14,16,26-27,31H,1,7-8,15,17-19H2,2H3. The van der Waals surface area contributed by atoms with Crippen LogP contribution in [0.3, 0.4) is 0 Å². The van der Waals surface area contributed by atoms with Crippen molar-refractivity contribution in [3.8, 4) is 0 Å². The third-order valence-electron chi connectivity index (χ3n) is 6.36. The highest BCUT2D eigenvalue weighted by atomic mass is 16.6. The van der Waals surface area contributed by atoms with E-state index in [2.05, 4.69) is 30.1 Å². The van der Waals surface area contributed by atoms with Crippen molar-refractivity contribution in [2.75, 3.05) is 18.5 Å². The summed E-state index contributed by atoms with van der Waals surface area (Å²) in [7, 11) is 0. The molecule has 0 heterocycles. The summed E-state index contributed by atoms with van der Waals surface area (Å²) in [5.74, 6) is -1.81. The molecule has 192 valence electrons. The maximum atomic E-state index is 13.2. The van der Waals surface area contributed by atoms with Crippen LogP contribution in [0.25, 0.3) is 10.8 Å². The SMILES string of the molecule is C=C(C)C(=O)OCCOC(=O)c1ccccc1C(=O)OC1CCCCC1Nc1cccc2ccccc12. The highest BCUT2D eigenvalue weighted by Crippen LogP contribution is 2.29. The number of hydrogen-bond acceptors (Lipinski definition) is 7. The fourth-order valence-electron chi connectivity index (χ4n) is 4.46. The average molecular weight is 502 g/mol. The molecule has 1 aliphatic carbocycles. The van der Waals surface area contributed by atoms with Gasteiger partial charge in [0.05, 0.1) is 17.2 Å². The molecular weight excluding hydrogens is 470 g/mol. The van der Waals surface area contributed by atoms with Gasteiger partial charge < -0.3 is 19.5 Å². The van der Waals surface area contributed by atoms with E-state index in [4.69, 9.17) is 14.2 Å². The van der Waals surface area contributed by atoms with Crippen LogP contribution in [0.1, 0.15) is 53.3 Å². The van der Waals surface area contributed by atoms with Gasteiger partial charge in [-0.15, -0.1) is 0 Å². The minimum atomic E-state index is -0.687. The summed E-state index contributed by atoms with van der Waals surface area (Å²) in [4.78, 5) is 37.3. The van der Waals surface area contributed by atoms with Crippen molar-refractivity contribution in [1.82, 2.24) is 0 Å². The van der Waals surface area contributed by atoms with E-state index >= 15 is 0 Å². The number of ether oxygens (including phenoxy) is 3. The second kappa shape index (κ2) is 12.2. The van der Waals surface area contributed by atoms with E-state index in [0.29, 0.717) is 0 Å². The van der Waals surface area contributed by atoms with Crippen LogP contribution in [-0.2, 0) is 19.0 Å². The van der Waals surface area contributed by atoms with Crippen LogP contribution < -0.4 is 5.32 Å². The molecule has 2 unspecified atom stereocenters. The zero-order valence-electron chi connectivity index (χ0n) is 20.9. The van der Waals surface area contributed by atoms with Crippen LogP contribution in [0.4, 0.5) is 5.69 Å². The van der Waals surface area contributed by atoms with Crippen LogP contribution in [0, 0.1) is 0 Å². The van der Waals surface area contributed by atoms with E-state index in [1.807, 2.05) is 24.3 Å². The molecule has 3 aromatic carbocycles. The predicted octanol–water partition coefficient (Wildman–Crippen LogP) is 5.70. The first-order chi connectivity index (χ1) is 17.9. The molecule has 0 aliphatic heterocycles. The summed E-state index contributed by atoms with van der Waals surface area (Å²) >= 11 is 0. The van der Waals surface area contributed by atoms with Gasteiger partial charge in [0.1, 0.15) is 19.3 Å². The molecule has 0 bridgehead atoms. The van der Waals surface area contributed by atoms with Crippen molar-refractivity contribution in [2.45, 2.75) is 44.8 Å². The van der Waals surface area contributed by atoms with Gasteiger partial charge >= 0.3 is 17.9 Å². The Labute approximate surface area is 216 Å². The lowest BCUT2D eigenvalue weighted by Gasteiger charge is -2.33. The summed E-state index contributed by atoms with van der Waals surface area (Å²) < 4.78 is 16.1. The summed E-state index contributed by atoms with van der Waals surface area (Å²) in [6, 6.07) is 20.6. The molecule has 0 aromatic heterocycles. The molecule has 7 heteroatoms. The minimum absolute atomic E-state index is 0.0503. The second-order valence-electron chi connectivity index (χ2n) is 9.10. The van der Waals surface area contributed by atoms with Crippen LogP contribution in [0.15, 0.2) is 78.9 Å². The van der Waals surface area contributed by atoms with E-state index in [1.54, 1.807) is 18.2 Å². The number of benzene rings is 3. The number of esters is 3. The van der Waals surface area contributed by atoms with Crippen molar-refractivity contribution >= 4 is 34.4 Å². The van der Waals surface area contributed by atoms with E-state index in [9.17, 15) is 14.4 Å². The van der Waals surface area contributed by atoms with Crippen LogP contribution in [0.5, 0.6) is 0 Å². The molecule has 7 nitrogen and oxygen atoms in total. The Balaban J connectivity index is 1.42. The number of fused-ring (bicyclic) bond motifs is 1. The smallest absolute Gasteiger partial charge is 0.339 e. The quantitative estimate of drug-likeness (QED) is 0.174. The third-order valence-corrected chi connectivity index (χ3v) is 6.36. The van der Waals surface area contributed by atoms with E-state index < -0.39 is 17.9 Å². The Hall–Kier alpha value is -4.13. The average Bonchev–Trinajstić information content (AvgIpc) is 2.92. The molecule has 0 radical (unpaired) electrons. The molecule has 1 fully saturated rings. The van der Waals surface area contributed by atoms with Crippen molar-refractivity contribution < 1.29 is 28.6 Å². The number of nitrogens with one attached hydrogen (secondary N) is 1. The maximum absolute atomic E-state index is 13.2. The zero-order chi connectivity index (χ0) is 26.2. The molecular formula is C30H31NO6. The Kier molecular flexibility index (Phi) is 8.56. The van der Waals surface area contributed by atoms with Gasteiger partial charge in [-0.25, -0.2) is 14.4 Å². The lowest BCUT2D eigenvalue weighted by molar-refractivity contribution is -0.140. The monoisotopic (exact) mass is 501 g/mol. The third kappa shape index (κ3) is 6.55. The minimum Gasteiger partial charge on any atom is -0.459 e. The highest BCUT2D eigenvalue weighted by molar-refractivity contribution is 6.03. The molecule has 3 aromatic rings. The maximum Gasteiger partial charge on any atom is 0.339 e. The summed E-state index contributed by atoms with van der Waals surface area (Å²) in [5.41, 5.74) is 1.51. The fraction of sp³-hybridized carbons (Fsp3) is 0.300. The highest BCUT2D eigenvalue weighted by Gasteiger charge is 2.30. The van der Waals surface area contributed by atoms with Crippen molar-refractivity contribution in [3.63, 3.8) is 0 Å². The van der Waals surface area contributed by atoms with Crippen LogP contribution >= 0.6 is 0 Å². The first-order valence-electron chi connectivity index (χ1n) is 12.5. The van der Waals surface area contributed by atoms with E-state index in [1.165, 1.54) is 13.0 Å². The molecule has 0 spiro atoms. The number of rotatable bonds is 9. The van der Waals surface area contributed by atoms with Crippen LogP contribution in [0.2, 0.25) is 0 Å². The topological polar surface area (TPSA) is 90.9 Å². The molecule has 37 heavy (non-hydrogen) atoms. The van der Waals surface area contributed by atoms with Crippen LogP contribution in [-0.4, -0.2) is 43.3 Å². The lowest BCUT2D eigenvalue weighted by atomic mass is 9.91. The Morgan fingerprint density at radius 3 is 2.27 bits per heavy atom. The van der Waals surface area contributed by atoms with Gasteiger partial charge in [0.2, 0.25) is 0 Å². The Bertz CT molecular complexity index is 1290. The molecule has 0 amide bonds. The van der Waals surface area contributed by atoms with Gasteiger partial charge in [-0.2, -0.15) is 0 Å². The van der Waals surface area contributed by atoms with Gasteiger partial charge in [-0.3, -0.25) is 0 Å². The first kappa shape index (κ1) is 25.9. The number of carbonyl (C=O) groups is 3. The fourth-order valence-corrected chi connectivity index (χ4v) is 4.46. The molecule has 1 saturated carbocycles. The van der Waals surface area contributed by atoms with Gasteiger partial charge in [0, 0.05) is 16.6 Å². The summed E-state index contributed by atoms with van der Waals surface area (Å²) in [6.07, 6.45) is 3.25. The molecule has 1 N–H and O–H groups in total.